The Morgan fingerprint density at radius 2 is 2.00 bits per heavy atom. The summed E-state index contributed by atoms with van der Waals surface area (Å²) in [5.41, 5.74) is 1.83. The number of ether oxygens (including phenoxy) is 1. The first-order valence-electron chi connectivity index (χ1n) is 3.77. The highest BCUT2D eigenvalue weighted by Gasteiger charge is 2.02. The van der Waals surface area contributed by atoms with Gasteiger partial charge >= 0.3 is 12.1 Å². The van der Waals surface area contributed by atoms with E-state index < -0.39 is 12.1 Å². The average Bonchev–Trinajstić information content (AvgIpc) is 2.00. The van der Waals surface area contributed by atoms with Gasteiger partial charge in [-0.05, 0) is 14.1 Å². The van der Waals surface area contributed by atoms with E-state index in [0.717, 1.165) is 0 Å². The van der Waals surface area contributed by atoms with Crippen molar-refractivity contribution in [3.63, 3.8) is 0 Å². The first-order chi connectivity index (χ1) is 6.02. The molecule has 1 amide bonds. The van der Waals surface area contributed by atoms with Crippen LogP contribution >= 0.6 is 0 Å². The molecule has 0 aliphatic carbocycles. The summed E-state index contributed by atoms with van der Waals surface area (Å²) < 4.78 is 4.63. The van der Waals surface area contributed by atoms with Crippen molar-refractivity contribution in [2.24, 2.45) is 0 Å². The van der Waals surface area contributed by atoms with Gasteiger partial charge in [-0.15, -0.1) is 5.48 Å². The molecule has 0 unspecified atom stereocenters. The smallest absolute Gasteiger partial charge is 0.440 e. The lowest BCUT2D eigenvalue weighted by molar-refractivity contribution is -0.147. The summed E-state index contributed by atoms with van der Waals surface area (Å²) in [6.45, 7) is 2.05. The van der Waals surface area contributed by atoms with Gasteiger partial charge in [-0.25, -0.2) is 4.79 Å². The van der Waals surface area contributed by atoms with E-state index in [1.165, 1.54) is 6.92 Å². The van der Waals surface area contributed by atoms with Gasteiger partial charge < -0.3 is 14.5 Å². The maximum atomic E-state index is 10.7. The third-order valence-electron chi connectivity index (χ3n) is 1.05. The molecule has 0 bridgehead atoms. The SMILES string of the molecule is CC(=O)ONC(=O)OCCN(C)C. The summed E-state index contributed by atoms with van der Waals surface area (Å²) in [6.07, 6.45) is -0.767. The van der Waals surface area contributed by atoms with Crippen molar-refractivity contribution in [1.82, 2.24) is 10.4 Å². The van der Waals surface area contributed by atoms with Crippen LogP contribution in [0.2, 0.25) is 0 Å². The van der Waals surface area contributed by atoms with Crippen molar-refractivity contribution in [3.8, 4) is 0 Å². The lowest BCUT2D eigenvalue weighted by Crippen LogP contribution is -2.29. The summed E-state index contributed by atoms with van der Waals surface area (Å²) in [7, 11) is 3.71. The monoisotopic (exact) mass is 190 g/mol. The highest BCUT2D eigenvalue weighted by molar-refractivity contribution is 5.71. The number of carbonyl (C=O) groups is 2. The molecule has 0 saturated carbocycles. The van der Waals surface area contributed by atoms with Gasteiger partial charge in [-0.3, -0.25) is 4.79 Å². The van der Waals surface area contributed by atoms with Crippen LogP contribution in [0.25, 0.3) is 0 Å². The predicted octanol–water partition coefficient (Wildman–Crippen LogP) is -0.248. The fraction of sp³-hybridized carbons (Fsp3) is 0.714. The third kappa shape index (κ3) is 8.61. The van der Waals surface area contributed by atoms with Crippen LogP contribution in [-0.2, 0) is 14.4 Å². The molecular formula is C7H14N2O4. The zero-order valence-electron chi connectivity index (χ0n) is 7.99. The minimum absolute atomic E-state index is 0.250. The fourth-order valence-corrected chi connectivity index (χ4v) is 0.464. The van der Waals surface area contributed by atoms with E-state index in [-0.39, 0.29) is 6.61 Å². The Balaban J connectivity index is 3.36. The first-order valence-corrected chi connectivity index (χ1v) is 3.77. The van der Waals surface area contributed by atoms with Crippen LogP contribution in [-0.4, -0.2) is 44.2 Å². The van der Waals surface area contributed by atoms with E-state index in [1.54, 1.807) is 0 Å². The lowest BCUT2D eigenvalue weighted by atomic mass is 10.6. The highest BCUT2D eigenvalue weighted by atomic mass is 16.7. The minimum Gasteiger partial charge on any atom is -0.446 e. The molecule has 0 saturated heterocycles. The Bertz CT molecular complexity index is 181. The Labute approximate surface area is 76.7 Å². The molecule has 0 aromatic heterocycles. The van der Waals surface area contributed by atoms with Gasteiger partial charge in [0.25, 0.3) is 0 Å². The Kier molecular flexibility index (Phi) is 5.62. The Morgan fingerprint density at radius 1 is 1.38 bits per heavy atom. The highest BCUT2D eigenvalue weighted by Crippen LogP contribution is 1.81. The average molecular weight is 190 g/mol. The van der Waals surface area contributed by atoms with Crippen LogP contribution in [0.3, 0.4) is 0 Å². The van der Waals surface area contributed by atoms with Crippen molar-refractivity contribution in [2.75, 3.05) is 27.2 Å². The van der Waals surface area contributed by atoms with E-state index in [0.29, 0.717) is 6.54 Å². The second-order valence-corrected chi connectivity index (χ2v) is 2.63. The van der Waals surface area contributed by atoms with Crippen molar-refractivity contribution in [2.45, 2.75) is 6.92 Å². The van der Waals surface area contributed by atoms with Crippen molar-refractivity contribution >= 4 is 12.1 Å². The maximum absolute atomic E-state index is 10.7. The molecule has 0 rings (SSSR count). The number of hydroxylamine groups is 1. The standard InChI is InChI=1S/C7H14N2O4/c1-6(10)13-8-7(11)12-5-4-9(2)3/h4-5H2,1-3H3,(H,8,11). The number of hydrogen-bond acceptors (Lipinski definition) is 5. The van der Waals surface area contributed by atoms with Gasteiger partial charge in [-0.2, -0.15) is 0 Å². The molecule has 0 aliphatic heterocycles. The summed E-state index contributed by atoms with van der Waals surface area (Å²) in [5, 5.41) is 0. The van der Waals surface area contributed by atoms with Crippen LogP contribution in [0.15, 0.2) is 0 Å². The number of rotatable bonds is 3. The summed E-state index contributed by atoms with van der Waals surface area (Å²) in [6, 6.07) is 0. The molecule has 13 heavy (non-hydrogen) atoms. The molecule has 0 aromatic carbocycles. The van der Waals surface area contributed by atoms with Crippen molar-refractivity contribution in [3.05, 3.63) is 0 Å². The second-order valence-electron chi connectivity index (χ2n) is 2.63. The van der Waals surface area contributed by atoms with E-state index in [4.69, 9.17) is 0 Å². The Morgan fingerprint density at radius 3 is 2.46 bits per heavy atom. The molecule has 0 atom stereocenters. The second kappa shape index (κ2) is 6.24. The molecule has 0 heterocycles. The zero-order chi connectivity index (χ0) is 10.3. The van der Waals surface area contributed by atoms with E-state index in [2.05, 4.69) is 9.57 Å². The fourth-order valence-electron chi connectivity index (χ4n) is 0.464. The van der Waals surface area contributed by atoms with Gasteiger partial charge in [0.1, 0.15) is 6.61 Å². The lowest BCUT2D eigenvalue weighted by Gasteiger charge is -2.09. The minimum atomic E-state index is -0.767. The molecule has 0 radical (unpaired) electrons. The van der Waals surface area contributed by atoms with Gasteiger partial charge in [0.05, 0.1) is 0 Å². The topological polar surface area (TPSA) is 67.9 Å². The molecule has 6 heteroatoms. The summed E-state index contributed by atoms with van der Waals surface area (Å²) in [4.78, 5) is 27.0. The zero-order valence-corrected chi connectivity index (χ0v) is 7.99. The largest absolute Gasteiger partial charge is 0.446 e. The van der Waals surface area contributed by atoms with Gasteiger partial charge in [0.15, 0.2) is 0 Å². The first kappa shape index (κ1) is 11.7. The maximum Gasteiger partial charge on any atom is 0.440 e. The number of carbonyl (C=O) groups excluding carboxylic acids is 2. The van der Waals surface area contributed by atoms with Crippen LogP contribution in [0.5, 0.6) is 0 Å². The Hall–Kier alpha value is -1.30. The molecular weight excluding hydrogens is 176 g/mol. The van der Waals surface area contributed by atoms with Gasteiger partial charge in [0.2, 0.25) is 0 Å². The van der Waals surface area contributed by atoms with Gasteiger partial charge in [0, 0.05) is 13.5 Å². The van der Waals surface area contributed by atoms with Crippen LogP contribution in [0.1, 0.15) is 6.92 Å². The number of hydrogen-bond donors (Lipinski definition) is 1. The number of amides is 1. The van der Waals surface area contributed by atoms with Crippen LogP contribution < -0.4 is 5.48 Å². The molecule has 76 valence electrons. The van der Waals surface area contributed by atoms with E-state index >= 15 is 0 Å². The summed E-state index contributed by atoms with van der Waals surface area (Å²) >= 11 is 0. The number of nitrogens with one attached hydrogen (secondary N) is 1. The summed E-state index contributed by atoms with van der Waals surface area (Å²) in [5.74, 6) is -0.593. The molecule has 0 aliphatic rings. The van der Waals surface area contributed by atoms with Crippen LogP contribution in [0.4, 0.5) is 4.79 Å². The van der Waals surface area contributed by atoms with E-state index in [9.17, 15) is 9.59 Å². The molecule has 0 aromatic rings. The predicted molar refractivity (Wildman–Crippen MR) is 44.8 cm³/mol. The number of likely N-dealkylation sites (N-methyl/N-ethyl adjacent to an activating group) is 1. The normalized spacial score (nSPS) is 9.54. The van der Waals surface area contributed by atoms with E-state index in [1.807, 2.05) is 24.5 Å². The van der Waals surface area contributed by atoms with Crippen molar-refractivity contribution < 1.29 is 19.2 Å². The molecule has 0 spiro atoms. The van der Waals surface area contributed by atoms with Crippen molar-refractivity contribution in [1.29, 1.82) is 0 Å². The van der Waals surface area contributed by atoms with Crippen LogP contribution in [0, 0.1) is 0 Å². The molecule has 6 nitrogen and oxygen atoms in total. The quantitative estimate of drug-likeness (QED) is 0.622. The third-order valence-corrected chi connectivity index (χ3v) is 1.05. The van der Waals surface area contributed by atoms with Gasteiger partial charge in [-0.1, -0.05) is 0 Å². The number of nitrogens with zero attached hydrogens (tertiary/aromatic N) is 1. The molecule has 1 N–H and O–H groups in total. The molecule has 0 fully saturated rings.